The third kappa shape index (κ3) is 2.64. The number of rotatable bonds is 3. The average Bonchev–Trinajstić information content (AvgIpc) is 2.30. The highest BCUT2D eigenvalue weighted by Gasteiger charge is 2.03. The first-order valence-corrected chi connectivity index (χ1v) is 5.48. The Kier molecular flexibility index (Phi) is 3.26. The number of nitrogens with zero attached hydrogens (tertiary/aromatic N) is 3. The molecule has 0 saturated carbocycles. The van der Waals surface area contributed by atoms with Gasteiger partial charge in [0, 0.05) is 24.2 Å². The van der Waals surface area contributed by atoms with E-state index >= 15 is 0 Å². The molecule has 0 amide bonds. The van der Waals surface area contributed by atoms with Crippen LogP contribution < -0.4 is 0 Å². The van der Waals surface area contributed by atoms with Gasteiger partial charge in [-0.1, -0.05) is 0 Å². The van der Waals surface area contributed by atoms with E-state index in [0.717, 1.165) is 10.1 Å². The lowest BCUT2D eigenvalue weighted by atomic mass is 10.2. The van der Waals surface area contributed by atoms with E-state index in [0.29, 0.717) is 5.56 Å². The highest BCUT2D eigenvalue weighted by Crippen LogP contribution is 2.23. The minimum atomic E-state index is 0.0309. The van der Waals surface area contributed by atoms with Crippen LogP contribution in [0.25, 0.3) is 0 Å². The molecule has 0 fully saturated rings. The van der Waals surface area contributed by atoms with Crippen molar-refractivity contribution in [3.05, 3.63) is 42.5 Å². The number of pyridine rings is 1. The fourth-order valence-corrected chi connectivity index (χ4v) is 1.87. The zero-order valence-corrected chi connectivity index (χ0v) is 9.44. The van der Waals surface area contributed by atoms with Gasteiger partial charge in [-0.3, -0.25) is 9.78 Å². The van der Waals surface area contributed by atoms with Gasteiger partial charge in [0.25, 0.3) is 0 Å². The topological polar surface area (TPSA) is 55.7 Å². The lowest BCUT2D eigenvalue weighted by molar-refractivity contribution is 0.101. The standard InChI is InChI=1S/C11H9N3OS/c1-8(15)9-2-3-13-10(6-9)16-11-7-12-4-5-14-11/h2-7H,1H3. The van der Waals surface area contributed by atoms with Gasteiger partial charge in [-0.15, -0.1) is 0 Å². The van der Waals surface area contributed by atoms with E-state index < -0.39 is 0 Å². The molecule has 0 unspecified atom stereocenters. The van der Waals surface area contributed by atoms with Gasteiger partial charge in [0.05, 0.1) is 6.20 Å². The first-order valence-electron chi connectivity index (χ1n) is 4.66. The molecule has 0 aliphatic heterocycles. The monoisotopic (exact) mass is 231 g/mol. The normalized spacial score (nSPS) is 10.1. The summed E-state index contributed by atoms with van der Waals surface area (Å²) in [7, 11) is 0. The fourth-order valence-electron chi connectivity index (χ4n) is 1.13. The SMILES string of the molecule is CC(=O)c1ccnc(Sc2cnccn2)c1. The summed E-state index contributed by atoms with van der Waals surface area (Å²) in [6.45, 7) is 1.53. The molecule has 0 saturated heterocycles. The molecule has 2 aromatic heterocycles. The number of hydrogen-bond acceptors (Lipinski definition) is 5. The van der Waals surface area contributed by atoms with Crippen LogP contribution in [0.2, 0.25) is 0 Å². The lowest BCUT2D eigenvalue weighted by Crippen LogP contribution is -1.93. The van der Waals surface area contributed by atoms with Gasteiger partial charge in [-0.2, -0.15) is 0 Å². The van der Waals surface area contributed by atoms with Crippen LogP contribution in [0, 0.1) is 0 Å². The summed E-state index contributed by atoms with van der Waals surface area (Å²) in [4.78, 5) is 23.4. The Hall–Kier alpha value is -1.75. The number of ketones is 1. The summed E-state index contributed by atoms with van der Waals surface area (Å²) in [5.74, 6) is 0.0309. The minimum Gasteiger partial charge on any atom is -0.295 e. The molecule has 16 heavy (non-hydrogen) atoms. The summed E-state index contributed by atoms with van der Waals surface area (Å²) in [5, 5.41) is 1.50. The van der Waals surface area contributed by atoms with Gasteiger partial charge in [0.1, 0.15) is 10.1 Å². The van der Waals surface area contributed by atoms with Crippen LogP contribution in [0.3, 0.4) is 0 Å². The molecule has 0 aromatic carbocycles. The molecule has 2 heterocycles. The second-order valence-electron chi connectivity index (χ2n) is 3.08. The minimum absolute atomic E-state index is 0.0309. The quantitative estimate of drug-likeness (QED) is 0.758. The van der Waals surface area contributed by atoms with Crippen molar-refractivity contribution in [1.82, 2.24) is 15.0 Å². The number of hydrogen-bond donors (Lipinski definition) is 0. The molecule has 0 aliphatic carbocycles. The van der Waals surface area contributed by atoms with E-state index in [1.165, 1.54) is 18.7 Å². The Morgan fingerprint density at radius 3 is 2.69 bits per heavy atom. The van der Waals surface area contributed by atoms with Crippen LogP contribution in [-0.2, 0) is 0 Å². The maximum absolute atomic E-state index is 11.2. The molecular formula is C11H9N3OS. The van der Waals surface area contributed by atoms with E-state index in [4.69, 9.17) is 0 Å². The second kappa shape index (κ2) is 4.85. The van der Waals surface area contributed by atoms with Gasteiger partial charge >= 0.3 is 0 Å². The maximum Gasteiger partial charge on any atom is 0.159 e. The van der Waals surface area contributed by atoms with Crippen LogP contribution in [0.1, 0.15) is 17.3 Å². The molecule has 0 bridgehead atoms. The number of Topliss-reactive ketones (excluding diaryl/α,β-unsaturated/α-hetero) is 1. The first-order chi connectivity index (χ1) is 7.75. The van der Waals surface area contributed by atoms with E-state index in [9.17, 15) is 4.79 Å². The summed E-state index contributed by atoms with van der Waals surface area (Å²) in [5.41, 5.74) is 0.654. The predicted molar refractivity (Wildman–Crippen MR) is 60.4 cm³/mol. The summed E-state index contributed by atoms with van der Waals surface area (Å²) >= 11 is 1.38. The van der Waals surface area contributed by atoms with Crippen molar-refractivity contribution in [1.29, 1.82) is 0 Å². The van der Waals surface area contributed by atoms with Gasteiger partial charge in [0.15, 0.2) is 5.78 Å². The van der Waals surface area contributed by atoms with Crippen LogP contribution in [-0.4, -0.2) is 20.7 Å². The van der Waals surface area contributed by atoms with Crippen molar-refractivity contribution in [3.63, 3.8) is 0 Å². The van der Waals surface area contributed by atoms with Gasteiger partial charge in [0.2, 0.25) is 0 Å². The van der Waals surface area contributed by atoms with Crippen molar-refractivity contribution in [3.8, 4) is 0 Å². The van der Waals surface area contributed by atoms with Crippen LogP contribution in [0.5, 0.6) is 0 Å². The molecule has 0 spiro atoms. The molecule has 0 N–H and O–H groups in total. The smallest absolute Gasteiger partial charge is 0.159 e. The number of aromatic nitrogens is 3. The predicted octanol–water partition coefficient (Wildman–Crippen LogP) is 2.23. The van der Waals surface area contributed by atoms with Crippen molar-refractivity contribution >= 4 is 17.5 Å². The summed E-state index contributed by atoms with van der Waals surface area (Å²) < 4.78 is 0. The maximum atomic E-state index is 11.2. The van der Waals surface area contributed by atoms with Gasteiger partial charge in [-0.25, -0.2) is 9.97 Å². The van der Waals surface area contributed by atoms with Crippen LogP contribution in [0.15, 0.2) is 47.0 Å². The number of carbonyl (C=O) groups is 1. The summed E-state index contributed by atoms with van der Waals surface area (Å²) in [6.07, 6.45) is 6.52. The van der Waals surface area contributed by atoms with E-state index in [1.807, 2.05) is 0 Å². The second-order valence-corrected chi connectivity index (χ2v) is 4.13. The Labute approximate surface area is 97.2 Å². The molecular weight excluding hydrogens is 222 g/mol. The summed E-state index contributed by atoms with van der Waals surface area (Å²) in [6, 6.07) is 3.45. The van der Waals surface area contributed by atoms with E-state index in [-0.39, 0.29) is 5.78 Å². The van der Waals surface area contributed by atoms with Crippen LogP contribution >= 0.6 is 11.8 Å². The average molecular weight is 231 g/mol. The van der Waals surface area contributed by atoms with Crippen molar-refractivity contribution < 1.29 is 4.79 Å². The van der Waals surface area contributed by atoms with Crippen molar-refractivity contribution in [2.75, 3.05) is 0 Å². The molecule has 2 aromatic rings. The largest absolute Gasteiger partial charge is 0.295 e. The molecule has 80 valence electrons. The number of carbonyl (C=O) groups excluding carboxylic acids is 1. The Morgan fingerprint density at radius 2 is 2.00 bits per heavy atom. The van der Waals surface area contributed by atoms with Gasteiger partial charge in [-0.05, 0) is 30.8 Å². The molecule has 0 radical (unpaired) electrons. The fraction of sp³-hybridized carbons (Fsp3) is 0.0909. The Balaban J connectivity index is 2.22. The molecule has 5 heteroatoms. The lowest BCUT2D eigenvalue weighted by Gasteiger charge is -2.00. The molecule has 4 nitrogen and oxygen atoms in total. The third-order valence-corrected chi connectivity index (χ3v) is 2.74. The van der Waals surface area contributed by atoms with E-state index in [1.54, 1.807) is 36.9 Å². The zero-order valence-electron chi connectivity index (χ0n) is 8.62. The highest BCUT2D eigenvalue weighted by atomic mass is 32.2. The van der Waals surface area contributed by atoms with Crippen molar-refractivity contribution in [2.24, 2.45) is 0 Å². The molecule has 0 atom stereocenters. The molecule has 0 aliphatic rings. The Morgan fingerprint density at radius 1 is 1.19 bits per heavy atom. The highest BCUT2D eigenvalue weighted by molar-refractivity contribution is 7.99. The van der Waals surface area contributed by atoms with E-state index in [2.05, 4.69) is 15.0 Å². The van der Waals surface area contributed by atoms with Gasteiger partial charge < -0.3 is 0 Å². The first kappa shape index (κ1) is 10.8. The third-order valence-electron chi connectivity index (χ3n) is 1.89. The van der Waals surface area contributed by atoms with Crippen molar-refractivity contribution in [2.45, 2.75) is 17.0 Å². The van der Waals surface area contributed by atoms with Crippen LogP contribution in [0.4, 0.5) is 0 Å². The zero-order chi connectivity index (χ0) is 11.4. The molecule has 2 rings (SSSR count). The Bertz CT molecular complexity index is 502.